The highest BCUT2D eigenvalue weighted by Crippen LogP contribution is 2.41. The molecule has 1 fully saturated rings. The number of carbonyl (C=O) groups excluding carboxylic acids is 1. The largest absolute Gasteiger partial charge is 0.366 e. The standard InChI is InChI=1S/C21H19FN6O/c1-13-10-14(5-8-23-13)19-16(22)11-17-20(26-19)28(15-6-9-27(17)12-15)21(29)25-18-4-2-3-7-24-18/h2-5,7-8,10-11,15H,6,9,12H2,1H3,(H,24,25,29). The Bertz CT molecular complexity index is 1090. The van der Waals surface area contributed by atoms with Gasteiger partial charge in [0, 0.05) is 42.8 Å². The van der Waals surface area contributed by atoms with Gasteiger partial charge in [-0.25, -0.2) is 19.2 Å². The van der Waals surface area contributed by atoms with Crippen molar-refractivity contribution in [1.82, 2.24) is 15.0 Å². The zero-order chi connectivity index (χ0) is 20.0. The van der Waals surface area contributed by atoms with E-state index in [9.17, 15) is 9.18 Å². The van der Waals surface area contributed by atoms with Crippen LogP contribution in [0.25, 0.3) is 11.3 Å². The molecular weight excluding hydrogens is 371 g/mol. The molecule has 2 aliphatic heterocycles. The highest BCUT2D eigenvalue weighted by atomic mass is 19.1. The molecule has 146 valence electrons. The second kappa shape index (κ2) is 6.80. The fourth-order valence-corrected chi connectivity index (χ4v) is 3.99. The first-order valence-electron chi connectivity index (χ1n) is 9.50. The summed E-state index contributed by atoms with van der Waals surface area (Å²) in [5.74, 6) is 0.523. The zero-order valence-corrected chi connectivity index (χ0v) is 15.8. The molecule has 2 aliphatic rings. The van der Waals surface area contributed by atoms with Crippen LogP contribution in [0.15, 0.2) is 48.8 Å². The minimum absolute atomic E-state index is 0.0174. The average molecular weight is 390 g/mol. The lowest BCUT2D eigenvalue weighted by Crippen LogP contribution is -2.48. The molecule has 3 aromatic rings. The monoisotopic (exact) mass is 390 g/mol. The summed E-state index contributed by atoms with van der Waals surface area (Å²) in [6, 6.07) is 9.98. The Morgan fingerprint density at radius 3 is 2.90 bits per heavy atom. The summed E-state index contributed by atoms with van der Waals surface area (Å²) in [4.78, 5) is 29.8. The summed E-state index contributed by atoms with van der Waals surface area (Å²) in [5, 5.41) is 2.83. The average Bonchev–Trinajstić information content (AvgIpc) is 3.14. The van der Waals surface area contributed by atoms with Gasteiger partial charge in [-0.2, -0.15) is 0 Å². The molecule has 0 spiro atoms. The zero-order valence-electron chi connectivity index (χ0n) is 15.8. The summed E-state index contributed by atoms with van der Waals surface area (Å²) in [7, 11) is 0. The van der Waals surface area contributed by atoms with E-state index < -0.39 is 5.82 Å². The van der Waals surface area contributed by atoms with Crippen molar-refractivity contribution in [2.45, 2.75) is 19.4 Å². The molecule has 2 amide bonds. The molecule has 5 heterocycles. The van der Waals surface area contributed by atoms with Crippen molar-refractivity contribution in [3.63, 3.8) is 0 Å². The highest BCUT2D eigenvalue weighted by molar-refractivity contribution is 6.04. The maximum atomic E-state index is 15.0. The van der Waals surface area contributed by atoms with Crippen molar-refractivity contribution in [1.29, 1.82) is 0 Å². The van der Waals surface area contributed by atoms with Crippen LogP contribution in [0, 0.1) is 12.7 Å². The Balaban J connectivity index is 1.58. The van der Waals surface area contributed by atoms with E-state index in [0.29, 0.717) is 29.4 Å². The topological polar surface area (TPSA) is 74.2 Å². The summed E-state index contributed by atoms with van der Waals surface area (Å²) in [6.07, 6.45) is 4.05. The molecule has 0 aliphatic carbocycles. The number of hydrogen-bond donors (Lipinski definition) is 1. The number of rotatable bonds is 2. The van der Waals surface area contributed by atoms with Crippen LogP contribution in [0.1, 0.15) is 12.1 Å². The van der Waals surface area contributed by atoms with Gasteiger partial charge in [-0.1, -0.05) is 6.07 Å². The van der Waals surface area contributed by atoms with Gasteiger partial charge in [0.15, 0.2) is 11.6 Å². The number of pyridine rings is 3. The minimum atomic E-state index is -0.412. The van der Waals surface area contributed by atoms with E-state index >= 15 is 0 Å². The molecule has 2 bridgehead atoms. The minimum Gasteiger partial charge on any atom is -0.366 e. The number of aryl methyl sites for hydroxylation is 1. The van der Waals surface area contributed by atoms with Crippen LogP contribution in [0.4, 0.5) is 26.5 Å². The Hall–Kier alpha value is -3.55. The van der Waals surface area contributed by atoms with E-state index in [1.54, 1.807) is 41.6 Å². The van der Waals surface area contributed by atoms with Gasteiger partial charge in [0.05, 0.1) is 11.7 Å². The van der Waals surface area contributed by atoms with Gasteiger partial charge in [0.25, 0.3) is 0 Å². The molecule has 29 heavy (non-hydrogen) atoms. The molecular formula is C21H19FN6O. The molecule has 7 nitrogen and oxygen atoms in total. The van der Waals surface area contributed by atoms with E-state index in [2.05, 4.69) is 25.2 Å². The number of fused-ring (bicyclic) bond motifs is 4. The molecule has 5 rings (SSSR count). The van der Waals surface area contributed by atoms with Crippen LogP contribution in [-0.4, -0.2) is 40.1 Å². The second-order valence-corrected chi connectivity index (χ2v) is 7.25. The summed E-state index contributed by atoms with van der Waals surface area (Å²) in [5.41, 5.74) is 2.26. The van der Waals surface area contributed by atoms with Crippen molar-refractivity contribution in [2.24, 2.45) is 0 Å². The molecule has 8 heteroatoms. The number of carbonyl (C=O) groups is 1. The third-order valence-corrected chi connectivity index (χ3v) is 5.32. The van der Waals surface area contributed by atoms with Gasteiger partial charge in [-0.15, -0.1) is 0 Å². The number of nitrogens with zero attached hydrogens (tertiary/aromatic N) is 5. The SMILES string of the molecule is Cc1cc(-c2nc3c(cc2F)N2CCC(C2)N3C(=O)Nc2ccccn2)ccn1. The first-order chi connectivity index (χ1) is 14.1. The molecule has 1 atom stereocenters. The van der Waals surface area contributed by atoms with Crippen molar-refractivity contribution in [3.05, 3.63) is 60.3 Å². The van der Waals surface area contributed by atoms with Gasteiger partial charge in [-0.3, -0.25) is 15.2 Å². The van der Waals surface area contributed by atoms with Crippen molar-refractivity contribution >= 4 is 23.4 Å². The maximum absolute atomic E-state index is 15.0. The number of amides is 2. The predicted molar refractivity (Wildman–Crippen MR) is 109 cm³/mol. The van der Waals surface area contributed by atoms with Gasteiger partial charge in [-0.05, 0) is 37.6 Å². The Kier molecular flexibility index (Phi) is 4.12. The quantitative estimate of drug-likeness (QED) is 0.724. The lowest BCUT2D eigenvalue weighted by Gasteiger charge is -2.36. The predicted octanol–water partition coefficient (Wildman–Crippen LogP) is 3.62. The first-order valence-corrected chi connectivity index (χ1v) is 9.50. The van der Waals surface area contributed by atoms with Gasteiger partial charge in [0.2, 0.25) is 0 Å². The second-order valence-electron chi connectivity index (χ2n) is 7.25. The summed E-state index contributed by atoms with van der Waals surface area (Å²) in [6.45, 7) is 3.27. The van der Waals surface area contributed by atoms with Crippen molar-refractivity contribution in [3.8, 4) is 11.3 Å². The number of anilines is 3. The number of aromatic nitrogens is 3. The molecule has 0 radical (unpaired) electrons. The third-order valence-electron chi connectivity index (χ3n) is 5.32. The molecule has 0 aromatic carbocycles. The Morgan fingerprint density at radius 2 is 2.10 bits per heavy atom. The van der Waals surface area contributed by atoms with Crippen LogP contribution < -0.4 is 15.1 Å². The smallest absolute Gasteiger partial charge is 0.329 e. The normalized spacial score (nSPS) is 17.2. The van der Waals surface area contributed by atoms with Gasteiger partial charge >= 0.3 is 6.03 Å². The first kappa shape index (κ1) is 17.5. The van der Waals surface area contributed by atoms with E-state index in [4.69, 9.17) is 0 Å². The number of nitrogens with one attached hydrogen (secondary N) is 1. The lowest BCUT2D eigenvalue weighted by molar-refractivity contribution is 0.254. The number of halogens is 1. The van der Waals surface area contributed by atoms with Crippen molar-refractivity contribution < 1.29 is 9.18 Å². The molecule has 1 saturated heterocycles. The van der Waals surface area contributed by atoms with Gasteiger partial charge in [0.1, 0.15) is 11.5 Å². The van der Waals surface area contributed by atoms with Crippen LogP contribution in [0.2, 0.25) is 0 Å². The van der Waals surface area contributed by atoms with Crippen LogP contribution in [0.5, 0.6) is 0 Å². The fourth-order valence-electron chi connectivity index (χ4n) is 3.99. The van der Waals surface area contributed by atoms with E-state index in [1.165, 1.54) is 6.07 Å². The molecule has 1 unspecified atom stereocenters. The van der Waals surface area contributed by atoms with Crippen molar-refractivity contribution in [2.75, 3.05) is 28.2 Å². The Labute approximate surface area is 167 Å². The maximum Gasteiger partial charge on any atom is 0.329 e. The Morgan fingerprint density at radius 1 is 1.21 bits per heavy atom. The van der Waals surface area contributed by atoms with E-state index in [-0.39, 0.29) is 17.8 Å². The van der Waals surface area contributed by atoms with Crippen LogP contribution in [-0.2, 0) is 0 Å². The van der Waals surface area contributed by atoms with Gasteiger partial charge < -0.3 is 4.90 Å². The third kappa shape index (κ3) is 3.06. The lowest BCUT2D eigenvalue weighted by atomic mass is 10.1. The van der Waals surface area contributed by atoms with E-state index in [1.807, 2.05) is 13.0 Å². The summed E-state index contributed by atoms with van der Waals surface area (Å²) >= 11 is 0. The molecule has 1 N–H and O–H groups in total. The number of urea groups is 1. The van der Waals surface area contributed by atoms with Crippen LogP contribution in [0.3, 0.4) is 0 Å². The summed E-state index contributed by atoms with van der Waals surface area (Å²) < 4.78 is 15.0. The van der Waals surface area contributed by atoms with Crippen LogP contribution >= 0.6 is 0 Å². The molecule has 3 aromatic heterocycles. The highest BCUT2D eigenvalue weighted by Gasteiger charge is 2.41. The van der Waals surface area contributed by atoms with E-state index in [0.717, 1.165) is 18.7 Å². The fraction of sp³-hybridized carbons (Fsp3) is 0.238. The molecule has 0 saturated carbocycles. The number of hydrogen-bond acceptors (Lipinski definition) is 5.